The highest BCUT2D eigenvalue weighted by atomic mass is 32.2. The monoisotopic (exact) mass is 466 g/mol. The molecule has 0 spiro atoms. The van der Waals surface area contributed by atoms with Crippen LogP contribution in [0.25, 0.3) is 0 Å². The minimum Gasteiger partial charge on any atom is -0.296 e. The third kappa shape index (κ3) is 5.64. The number of thiophene rings is 1. The summed E-state index contributed by atoms with van der Waals surface area (Å²) in [4.78, 5) is 13.8. The number of thioether (sulfide) groups is 1. The average molecular weight is 467 g/mol. The lowest BCUT2D eigenvalue weighted by molar-refractivity contribution is 0.102. The van der Waals surface area contributed by atoms with Crippen molar-refractivity contribution in [3.8, 4) is 0 Å². The van der Waals surface area contributed by atoms with Crippen LogP contribution < -0.4 is 10.0 Å². The Hall–Kier alpha value is -1.79. The number of hydrogen-bond acceptors (Lipinski definition) is 8. The predicted octanol–water partition coefficient (Wildman–Crippen LogP) is 3.83. The maximum Gasteiger partial charge on any atom is 0.257 e. The molecule has 0 atom stereocenters. The van der Waals surface area contributed by atoms with E-state index in [4.69, 9.17) is 0 Å². The molecule has 1 aliphatic rings. The Morgan fingerprint density at radius 1 is 1.21 bits per heavy atom. The molecule has 7 nitrogen and oxygen atoms in total. The Kier molecular flexibility index (Phi) is 6.30. The van der Waals surface area contributed by atoms with Crippen LogP contribution in [0.4, 0.5) is 5.13 Å². The molecule has 1 aromatic carbocycles. The fraction of sp³-hybridized carbons (Fsp3) is 0.278. The van der Waals surface area contributed by atoms with E-state index in [2.05, 4.69) is 26.3 Å². The van der Waals surface area contributed by atoms with E-state index in [-0.39, 0.29) is 10.5 Å². The van der Waals surface area contributed by atoms with Gasteiger partial charge in [0.2, 0.25) is 15.2 Å². The van der Waals surface area contributed by atoms with Gasteiger partial charge in [0.15, 0.2) is 4.34 Å². The summed E-state index contributed by atoms with van der Waals surface area (Å²) in [7, 11) is -3.63. The lowest BCUT2D eigenvalue weighted by Crippen LogP contribution is -2.26. The fourth-order valence-electron chi connectivity index (χ4n) is 2.45. The molecule has 29 heavy (non-hydrogen) atoms. The van der Waals surface area contributed by atoms with Gasteiger partial charge in [0.25, 0.3) is 5.91 Å². The van der Waals surface area contributed by atoms with Gasteiger partial charge in [0.05, 0.1) is 4.90 Å². The molecule has 11 heteroatoms. The highest BCUT2D eigenvalue weighted by Gasteiger charge is 2.24. The van der Waals surface area contributed by atoms with Crippen LogP contribution >= 0.6 is 34.4 Å². The van der Waals surface area contributed by atoms with Crippen molar-refractivity contribution in [2.45, 2.75) is 27.8 Å². The Morgan fingerprint density at radius 2 is 2.07 bits per heavy atom. The van der Waals surface area contributed by atoms with Crippen LogP contribution in [-0.2, 0) is 15.8 Å². The first-order valence-corrected chi connectivity index (χ1v) is 13.1. The summed E-state index contributed by atoms with van der Waals surface area (Å²) in [5, 5.41) is 13.2. The number of rotatable bonds is 9. The molecule has 1 aliphatic carbocycles. The SMILES string of the molecule is O=C(Nc1nnc(SCc2cccs2)s1)c1cccc(S(=O)(=O)NCC2CC2)c1. The minimum atomic E-state index is -3.63. The molecule has 3 aromatic rings. The summed E-state index contributed by atoms with van der Waals surface area (Å²) in [6, 6.07) is 10.0. The zero-order chi connectivity index (χ0) is 20.3. The van der Waals surface area contributed by atoms with Crippen molar-refractivity contribution < 1.29 is 13.2 Å². The molecule has 0 radical (unpaired) electrons. The predicted molar refractivity (Wildman–Crippen MR) is 116 cm³/mol. The van der Waals surface area contributed by atoms with Gasteiger partial charge < -0.3 is 0 Å². The first-order valence-electron chi connectivity index (χ1n) is 8.89. The summed E-state index contributed by atoms with van der Waals surface area (Å²) in [6.07, 6.45) is 2.11. The van der Waals surface area contributed by atoms with Gasteiger partial charge in [-0.25, -0.2) is 13.1 Å². The standard InChI is InChI=1S/C18H18N4O3S4/c23-16(20-17-21-22-18(28-17)27-11-14-4-2-8-26-14)13-3-1-5-15(9-13)29(24,25)19-10-12-6-7-12/h1-5,8-9,12,19H,6-7,10-11H2,(H,20,21,23). The normalized spacial score (nSPS) is 14.1. The first-order chi connectivity index (χ1) is 14.0. The molecule has 0 bridgehead atoms. The number of sulfonamides is 1. The van der Waals surface area contributed by atoms with Crippen LogP contribution in [0, 0.1) is 5.92 Å². The van der Waals surface area contributed by atoms with Crippen molar-refractivity contribution in [1.29, 1.82) is 0 Å². The summed E-state index contributed by atoms with van der Waals surface area (Å²) in [5.41, 5.74) is 0.252. The number of nitrogens with one attached hydrogen (secondary N) is 2. The van der Waals surface area contributed by atoms with E-state index in [0.29, 0.717) is 17.6 Å². The van der Waals surface area contributed by atoms with Crippen molar-refractivity contribution >= 4 is 55.5 Å². The molecule has 0 saturated heterocycles. The maximum absolute atomic E-state index is 12.5. The number of carbonyl (C=O) groups is 1. The van der Waals surface area contributed by atoms with Crippen molar-refractivity contribution in [2.75, 3.05) is 11.9 Å². The van der Waals surface area contributed by atoms with Crippen LogP contribution in [0.15, 0.2) is 51.0 Å². The Morgan fingerprint density at radius 3 is 2.83 bits per heavy atom. The fourth-order valence-corrected chi connectivity index (χ4v) is 6.13. The van der Waals surface area contributed by atoms with E-state index in [1.807, 2.05) is 11.4 Å². The number of aromatic nitrogens is 2. The van der Waals surface area contributed by atoms with Crippen LogP contribution in [0.2, 0.25) is 0 Å². The van der Waals surface area contributed by atoms with Crippen LogP contribution in [-0.4, -0.2) is 31.1 Å². The second kappa shape index (κ2) is 8.92. The summed E-state index contributed by atoms with van der Waals surface area (Å²) >= 11 is 4.53. The molecular formula is C18H18N4O3S4. The highest BCUT2D eigenvalue weighted by molar-refractivity contribution is 8.00. The van der Waals surface area contributed by atoms with Gasteiger partial charge in [-0.15, -0.1) is 21.5 Å². The third-order valence-electron chi connectivity index (χ3n) is 4.21. The van der Waals surface area contributed by atoms with Crippen molar-refractivity contribution in [2.24, 2.45) is 5.92 Å². The number of carbonyl (C=O) groups excluding carboxylic acids is 1. The van der Waals surface area contributed by atoms with Gasteiger partial charge >= 0.3 is 0 Å². The second-order valence-corrected chi connectivity index (χ2v) is 11.5. The smallest absolute Gasteiger partial charge is 0.257 e. The molecule has 2 heterocycles. The van der Waals surface area contributed by atoms with Gasteiger partial charge in [-0.3, -0.25) is 10.1 Å². The van der Waals surface area contributed by atoms with Crippen molar-refractivity contribution in [3.05, 3.63) is 52.2 Å². The number of nitrogens with zero attached hydrogens (tertiary/aromatic N) is 2. The largest absolute Gasteiger partial charge is 0.296 e. The highest BCUT2D eigenvalue weighted by Crippen LogP contribution is 2.30. The summed E-state index contributed by atoms with van der Waals surface area (Å²) < 4.78 is 28.2. The van der Waals surface area contributed by atoms with Gasteiger partial charge in [-0.1, -0.05) is 35.2 Å². The lowest BCUT2D eigenvalue weighted by Gasteiger charge is -2.07. The van der Waals surface area contributed by atoms with E-state index < -0.39 is 15.9 Å². The molecule has 0 unspecified atom stereocenters. The van der Waals surface area contributed by atoms with E-state index in [9.17, 15) is 13.2 Å². The molecule has 2 N–H and O–H groups in total. The summed E-state index contributed by atoms with van der Waals surface area (Å²) in [6.45, 7) is 0.440. The molecule has 1 fully saturated rings. The number of anilines is 1. The number of hydrogen-bond donors (Lipinski definition) is 2. The van der Waals surface area contributed by atoms with Gasteiger partial charge in [-0.05, 0) is 48.4 Å². The van der Waals surface area contributed by atoms with Crippen molar-refractivity contribution in [3.63, 3.8) is 0 Å². The van der Waals surface area contributed by atoms with Crippen molar-refractivity contribution in [1.82, 2.24) is 14.9 Å². The van der Waals surface area contributed by atoms with E-state index in [0.717, 1.165) is 22.9 Å². The van der Waals surface area contributed by atoms with Crippen LogP contribution in [0.5, 0.6) is 0 Å². The Bertz CT molecular complexity index is 1090. The Labute approximate surface area is 181 Å². The van der Waals surface area contributed by atoms with Gasteiger partial charge in [0.1, 0.15) is 0 Å². The minimum absolute atomic E-state index is 0.0789. The Balaban J connectivity index is 1.38. The number of benzene rings is 1. The zero-order valence-electron chi connectivity index (χ0n) is 15.2. The zero-order valence-corrected chi connectivity index (χ0v) is 18.5. The molecule has 2 aromatic heterocycles. The second-order valence-electron chi connectivity index (χ2n) is 6.52. The van der Waals surface area contributed by atoms with E-state index in [1.165, 1.54) is 28.3 Å². The third-order valence-corrected chi connectivity index (χ3v) is 8.71. The van der Waals surface area contributed by atoms with Crippen LogP contribution in [0.3, 0.4) is 0 Å². The molecular weight excluding hydrogens is 448 g/mol. The molecule has 1 saturated carbocycles. The first kappa shape index (κ1) is 20.5. The molecule has 152 valence electrons. The summed E-state index contributed by atoms with van der Waals surface area (Å²) in [5.74, 6) is 0.810. The quantitative estimate of drug-likeness (QED) is 0.367. The average Bonchev–Trinajstić information content (AvgIpc) is 3.20. The lowest BCUT2D eigenvalue weighted by atomic mass is 10.2. The number of amides is 1. The molecule has 4 rings (SSSR count). The topological polar surface area (TPSA) is 101 Å². The molecule has 0 aliphatic heterocycles. The maximum atomic E-state index is 12.5. The van der Waals surface area contributed by atoms with Gasteiger partial charge in [0, 0.05) is 22.7 Å². The van der Waals surface area contributed by atoms with E-state index >= 15 is 0 Å². The van der Waals surface area contributed by atoms with Crippen LogP contribution in [0.1, 0.15) is 28.1 Å². The molecule has 1 amide bonds. The van der Waals surface area contributed by atoms with Gasteiger partial charge in [-0.2, -0.15) is 0 Å². The van der Waals surface area contributed by atoms with E-state index in [1.54, 1.807) is 35.2 Å².